The summed E-state index contributed by atoms with van der Waals surface area (Å²) >= 11 is 1.88. The van der Waals surface area contributed by atoms with Gasteiger partial charge in [0.15, 0.2) is 0 Å². The van der Waals surface area contributed by atoms with Crippen molar-refractivity contribution >= 4 is 11.8 Å². The molecule has 1 fully saturated rings. The van der Waals surface area contributed by atoms with Crippen LogP contribution in [0.2, 0.25) is 0 Å². The van der Waals surface area contributed by atoms with Crippen molar-refractivity contribution in [3.05, 3.63) is 16.8 Å². The van der Waals surface area contributed by atoms with Crippen molar-refractivity contribution in [2.24, 2.45) is 5.73 Å². The maximum atomic E-state index is 5.84. The zero-order chi connectivity index (χ0) is 12.3. The highest BCUT2D eigenvalue weighted by atomic mass is 32.2. The third kappa shape index (κ3) is 2.99. The maximum Gasteiger partial charge on any atom is 0.124 e. The molecule has 2 rings (SSSR count). The van der Waals surface area contributed by atoms with Crippen LogP contribution in [0.5, 0.6) is 0 Å². The van der Waals surface area contributed by atoms with Crippen LogP contribution < -0.4 is 5.73 Å². The fourth-order valence-electron chi connectivity index (χ4n) is 2.31. The van der Waals surface area contributed by atoms with E-state index in [9.17, 15) is 0 Å². The van der Waals surface area contributed by atoms with Crippen molar-refractivity contribution in [2.45, 2.75) is 62.8 Å². The number of aryl methyl sites for hydroxylation is 1. The first-order valence-corrected chi connectivity index (χ1v) is 7.29. The van der Waals surface area contributed by atoms with Gasteiger partial charge in [0.1, 0.15) is 5.03 Å². The molecule has 1 aromatic rings. The third-order valence-corrected chi connectivity index (χ3v) is 4.94. The summed E-state index contributed by atoms with van der Waals surface area (Å²) in [5.74, 6) is 0. The quantitative estimate of drug-likeness (QED) is 0.897. The second-order valence-corrected chi connectivity index (χ2v) is 6.07. The molecule has 4 heteroatoms. The van der Waals surface area contributed by atoms with Gasteiger partial charge >= 0.3 is 0 Å². The Kier molecular flexibility index (Phi) is 4.40. The molecule has 0 amide bonds. The molecule has 1 aromatic heterocycles. The SMILES string of the molecule is Cc1nnc(SC2CCCCC2)c(CN)c1C. The number of aromatic nitrogens is 2. The van der Waals surface area contributed by atoms with E-state index in [2.05, 4.69) is 17.1 Å². The molecule has 0 saturated heterocycles. The summed E-state index contributed by atoms with van der Waals surface area (Å²) in [6.45, 7) is 4.66. The van der Waals surface area contributed by atoms with Crippen LogP contribution in [0, 0.1) is 13.8 Å². The monoisotopic (exact) mass is 251 g/mol. The van der Waals surface area contributed by atoms with Gasteiger partial charge in [-0.15, -0.1) is 16.9 Å². The minimum atomic E-state index is 0.567. The molecule has 0 atom stereocenters. The molecule has 17 heavy (non-hydrogen) atoms. The zero-order valence-electron chi connectivity index (χ0n) is 10.7. The van der Waals surface area contributed by atoms with Crippen molar-refractivity contribution in [3.8, 4) is 0 Å². The Morgan fingerprint density at radius 2 is 1.88 bits per heavy atom. The molecule has 1 saturated carbocycles. The molecule has 3 nitrogen and oxygen atoms in total. The summed E-state index contributed by atoms with van der Waals surface area (Å²) in [6.07, 6.45) is 6.72. The van der Waals surface area contributed by atoms with Gasteiger partial charge in [0.05, 0.1) is 5.69 Å². The first kappa shape index (κ1) is 12.8. The average Bonchev–Trinajstić information content (AvgIpc) is 2.36. The van der Waals surface area contributed by atoms with E-state index in [1.165, 1.54) is 43.2 Å². The van der Waals surface area contributed by atoms with E-state index in [0.717, 1.165) is 10.7 Å². The van der Waals surface area contributed by atoms with Gasteiger partial charge in [-0.25, -0.2) is 0 Å². The van der Waals surface area contributed by atoms with Crippen molar-refractivity contribution in [3.63, 3.8) is 0 Å². The first-order chi connectivity index (χ1) is 8.22. The molecule has 0 bridgehead atoms. The molecule has 0 spiro atoms. The standard InChI is InChI=1S/C13H21N3S/c1-9-10(2)15-16-13(12(9)8-14)17-11-6-4-3-5-7-11/h11H,3-8,14H2,1-2H3. The highest BCUT2D eigenvalue weighted by Crippen LogP contribution is 2.34. The van der Waals surface area contributed by atoms with Crippen molar-refractivity contribution in [1.82, 2.24) is 10.2 Å². The van der Waals surface area contributed by atoms with Gasteiger partial charge in [0.2, 0.25) is 0 Å². The summed E-state index contributed by atoms with van der Waals surface area (Å²) in [4.78, 5) is 0. The van der Waals surface area contributed by atoms with Gasteiger partial charge in [0, 0.05) is 17.4 Å². The van der Waals surface area contributed by atoms with Crippen LogP contribution in [0.15, 0.2) is 5.03 Å². The fourth-order valence-corrected chi connectivity index (χ4v) is 3.66. The molecule has 0 aromatic carbocycles. The lowest BCUT2D eigenvalue weighted by Gasteiger charge is -2.21. The molecular weight excluding hydrogens is 230 g/mol. The molecule has 1 aliphatic carbocycles. The number of hydrogen-bond donors (Lipinski definition) is 1. The topological polar surface area (TPSA) is 51.8 Å². The Hall–Kier alpha value is -0.610. The Balaban J connectivity index is 2.17. The van der Waals surface area contributed by atoms with E-state index in [1.807, 2.05) is 18.7 Å². The van der Waals surface area contributed by atoms with Crippen LogP contribution in [0.3, 0.4) is 0 Å². The second kappa shape index (κ2) is 5.83. The number of nitrogens with two attached hydrogens (primary N) is 1. The number of rotatable bonds is 3. The predicted octanol–water partition coefficient (Wildman–Crippen LogP) is 2.98. The Morgan fingerprint density at radius 3 is 2.53 bits per heavy atom. The molecule has 0 aliphatic heterocycles. The van der Waals surface area contributed by atoms with Crippen LogP contribution in [0.25, 0.3) is 0 Å². The minimum Gasteiger partial charge on any atom is -0.326 e. The summed E-state index contributed by atoms with van der Waals surface area (Å²) in [7, 11) is 0. The molecule has 1 heterocycles. The third-order valence-electron chi connectivity index (χ3n) is 3.58. The predicted molar refractivity (Wildman–Crippen MR) is 72.1 cm³/mol. The summed E-state index contributed by atoms with van der Waals surface area (Å²) in [5.41, 5.74) is 9.24. The number of thioether (sulfide) groups is 1. The van der Waals surface area contributed by atoms with E-state index < -0.39 is 0 Å². The summed E-state index contributed by atoms with van der Waals surface area (Å²) in [6, 6.07) is 0. The van der Waals surface area contributed by atoms with E-state index in [4.69, 9.17) is 5.73 Å². The van der Waals surface area contributed by atoms with Crippen LogP contribution in [-0.4, -0.2) is 15.4 Å². The fraction of sp³-hybridized carbons (Fsp3) is 0.692. The van der Waals surface area contributed by atoms with Gasteiger partial charge in [-0.1, -0.05) is 19.3 Å². The first-order valence-electron chi connectivity index (χ1n) is 6.42. The summed E-state index contributed by atoms with van der Waals surface area (Å²) < 4.78 is 0. The lowest BCUT2D eigenvalue weighted by Crippen LogP contribution is -2.12. The van der Waals surface area contributed by atoms with E-state index in [-0.39, 0.29) is 0 Å². The number of nitrogens with zero attached hydrogens (tertiary/aromatic N) is 2. The van der Waals surface area contributed by atoms with Crippen LogP contribution in [-0.2, 0) is 6.54 Å². The lowest BCUT2D eigenvalue weighted by molar-refractivity contribution is 0.515. The Bertz CT molecular complexity index is 386. The van der Waals surface area contributed by atoms with Crippen LogP contribution in [0.1, 0.15) is 48.9 Å². The van der Waals surface area contributed by atoms with Gasteiger partial charge in [-0.2, -0.15) is 5.10 Å². The highest BCUT2D eigenvalue weighted by molar-refractivity contribution is 7.99. The normalized spacial score (nSPS) is 17.4. The zero-order valence-corrected chi connectivity index (χ0v) is 11.5. The maximum absolute atomic E-state index is 5.84. The smallest absolute Gasteiger partial charge is 0.124 e. The van der Waals surface area contributed by atoms with E-state index in [1.54, 1.807) is 0 Å². The second-order valence-electron chi connectivity index (χ2n) is 4.78. The molecule has 0 unspecified atom stereocenters. The Labute approximate surface area is 108 Å². The van der Waals surface area contributed by atoms with E-state index >= 15 is 0 Å². The van der Waals surface area contributed by atoms with Crippen LogP contribution in [0.4, 0.5) is 0 Å². The molecule has 94 valence electrons. The molecular formula is C13H21N3S. The van der Waals surface area contributed by atoms with E-state index in [0.29, 0.717) is 11.8 Å². The molecule has 0 radical (unpaired) electrons. The number of hydrogen-bond acceptors (Lipinski definition) is 4. The molecule has 1 aliphatic rings. The van der Waals surface area contributed by atoms with Crippen LogP contribution >= 0.6 is 11.8 Å². The van der Waals surface area contributed by atoms with Gasteiger partial charge in [-0.3, -0.25) is 0 Å². The molecule has 2 N–H and O–H groups in total. The van der Waals surface area contributed by atoms with Crippen molar-refractivity contribution in [1.29, 1.82) is 0 Å². The summed E-state index contributed by atoms with van der Waals surface area (Å²) in [5, 5.41) is 10.3. The largest absolute Gasteiger partial charge is 0.326 e. The van der Waals surface area contributed by atoms with Gasteiger partial charge < -0.3 is 5.73 Å². The van der Waals surface area contributed by atoms with Gasteiger partial charge in [0.25, 0.3) is 0 Å². The van der Waals surface area contributed by atoms with Crippen molar-refractivity contribution < 1.29 is 0 Å². The lowest BCUT2D eigenvalue weighted by atomic mass is 10.0. The minimum absolute atomic E-state index is 0.567. The average molecular weight is 251 g/mol. The highest BCUT2D eigenvalue weighted by Gasteiger charge is 2.18. The van der Waals surface area contributed by atoms with Crippen molar-refractivity contribution in [2.75, 3.05) is 0 Å². The Morgan fingerprint density at radius 1 is 1.18 bits per heavy atom. The van der Waals surface area contributed by atoms with Gasteiger partial charge in [-0.05, 0) is 32.3 Å².